The lowest BCUT2D eigenvalue weighted by Gasteiger charge is -2.17. The molecule has 1 amide bonds. The molecular weight excluding hydrogens is 503 g/mol. The molecule has 1 N–H and O–H groups in total. The number of nitrogens with zero attached hydrogens (tertiary/aromatic N) is 3. The number of aryl methyl sites for hydroxylation is 1. The van der Waals surface area contributed by atoms with E-state index in [1.54, 1.807) is 36.0 Å². The predicted octanol–water partition coefficient (Wildman–Crippen LogP) is 6.43. The number of carbonyl (C=O) groups is 1. The van der Waals surface area contributed by atoms with Crippen molar-refractivity contribution < 1.29 is 9.53 Å². The molecule has 4 rings (SSSR count). The summed E-state index contributed by atoms with van der Waals surface area (Å²) in [6.45, 7) is 3.80. The number of carbonyl (C=O) groups excluding carboxylic acids is 1. The zero-order valence-corrected chi connectivity index (χ0v) is 21.6. The van der Waals surface area contributed by atoms with Crippen LogP contribution < -0.4 is 10.1 Å². The van der Waals surface area contributed by atoms with Gasteiger partial charge in [-0.05, 0) is 49.7 Å². The van der Waals surface area contributed by atoms with E-state index in [1.807, 2.05) is 41.8 Å². The lowest BCUT2D eigenvalue weighted by molar-refractivity contribution is -0.123. The molecule has 35 heavy (non-hydrogen) atoms. The summed E-state index contributed by atoms with van der Waals surface area (Å²) < 4.78 is 7.42. The third kappa shape index (κ3) is 6.57. The summed E-state index contributed by atoms with van der Waals surface area (Å²) in [5.41, 5.74) is 3.05. The lowest BCUT2D eigenvalue weighted by atomic mass is 10.2. The predicted molar refractivity (Wildman–Crippen MR) is 141 cm³/mol. The Morgan fingerprint density at radius 2 is 1.86 bits per heavy atom. The van der Waals surface area contributed by atoms with Gasteiger partial charge in [0.1, 0.15) is 5.75 Å². The molecule has 0 bridgehead atoms. The molecular formula is C26H24Cl2N4O2S. The van der Waals surface area contributed by atoms with Gasteiger partial charge in [0.05, 0.1) is 16.8 Å². The molecule has 9 heteroatoms. The number of amides is 1. The first-order valence-corrected chi connectivity index (χ1v) is 12.7. The standard InChI is InChI=1S/C26H24Cl2N4O2S/c1-17-7-6-8-19(13-17)16-35-26-31-30-25(32(26)23-12-11-20(27)14-22(23)28)18(2)29-24(33)15-34-21-9-4-3-5-10-21/h3-14,18H,15-16H2,1-2H3,(H,29,33). The summed E-state index contributed by atoms with van der Waals surface area (Å²) in [6, 6.07) is 22.3. The maximum absolute atomic E-state index is 12.6. The van der Waals surface area contributed by atoms with E-state index in [2.05, 4.69) is 40.6 Å². The van der Waals surface area contributed by atoms with Crippen molar-refractivity contribution in [2.75, 3.05) is 6.61 Å². The van der Waals surface area contributed by atoms with Crippen molar-refractivity contribution in [2.24, 2.45) is 0 Å². The van der Waals surface area contributed by atoms with Gasteiger partial charge >= 0.3 is 0 Å². The Morgan fingerprint density at radius 1 is 1.06 bits per heavy atom. The molecule has 1 atom stereocenters. The Hall–Kier alpha value is -3.00. The third-order valence-corrected chi connectivity index (χ3v) is 6.68. The minimum atomic E-state index is -0.450. The van der Waals surface area contributed by atoms with Gasteiger partial charge in [-0.2, -0.15) is 0 Å². The first-order chi connectivity index (χ1) is 16.9. The van der Waals surface area contributed by atoms with Crippen molar-refractivity contribution >= 4 is 40.9 Å². The van der Waals surface area contributed by atoms with E-state index in [-0.39, 0.29) is 12.5 Å². The summed E-state index contributed by atoms with van der Waals surface area (Å²) in [7, 11) is 0. The first kappa shape index (κ1) is 25.1. The molecule has 0 spiro atoms. The highest BCUT2D eigenvalue weighted by Crippen LogP contribution is 2.32. The van der Waals surface area contributed by atoms with Gasteiger partial charge in [-0.15, -0.1) is 10.2 Å². The van der Waals surface area contributed by atoms with Crippen LogP contribution in [-0.2, 0) is 10.5 Å². The molecule has 0 saturated carbocycles. The SMILES string of the molecule is Cc1cccc(CSc2nnc(C(C)NC(=O)COc3ccccc3)n2-c2ccc(Cl)cc2Cl)c1. The minimum Gasteiger partial charge on any atom is -0.484 e. The number of hydrogen-bond donors (Lipinski definition) is 1. The summed E-state index contributed by atoms with van der Waals surface area (Å²) >= 11 is 14.2. The number of aromatic nitrogens is 3. The molecule has 0 aliphatic rings. The van der Waals surface area contributed by atoms with E-state index in [4.69, 9.17) is 27.9 Å². The summed E-state index contributed by atoms with van der Waals surface area (Å²) in [6.07, 6.45) is 0. The Labute approximate surface area is 218 Å². The van der Waals surface area contributed by atoms with E-state index in [0.29, 0.717) is 38.2 Å². The van der Waals surface area contributed by atoms with Crippen LogP contribution in [0.4, 0.5) is 0 Å². The smallest absolute Gasteiger partial charge is 0.258 e. The minimum absolute atomic E-state index is 0.112. The van der Waals surface area contributed by atoms with Crippen molar-refractivity contribution in [2.45, 2.75) is 30.8 Å². The number of thioether (sulfide) groups is 1. The van der Waals surface area contributed by atoms with Crippen LogP contribution >= 0.6 is 35.0 Å². The largest absolute Gasteiger partial charge is 0.484 e. The van der Waals surface area contributed by atoms with Crippen molar-refractivity contribution in [3.05, 3.63) is 99.8 Å². The number of para-hydroxylation sites is 1. The summed E-state index contributed by atoms with van der Waals surface area (Å²) in [5.74, 6) is 1.61. The first-order valence-electron chi connectivity index (χ1n) is 11.0. The monoisotopic (exact) mass is 526 g/mol. The van der Waals surface area contributed by atoms with E-state index >= 15 is 0 Å². The van der Waals surface area contributed by atoms with Crippen molar-refractivity contribution in [3.8, 4) is 11.4 Å². The number of nitrogens with one attached hydrogen (secondary N) is 1. The van der Waals surface area contributed by atoms with Gasteiger partial charge in [0.25, 0.3) is 5.91 Å². The van der Waals surface area contributed by atoms with Gasteiger partial charge in [0.15, 0.2) is 17.6 Å². The third-order valence-electron chi connectivity index (χ3n) is 5.14. The molecule has 0 radical (unpaired) electrons. The molecule has 4 aromatic rings. The van der Waals surface area contributed by atoms with E-state index in [9.17, 15) is 4.79 Å². The maximum Gasteiger partial charge on any atom is 0.258 e. The molecule has 0 fully saturated rings. The number of hydrogen-bond acceptors (Lipinski definition) is 5. The molecule has 1 heterocycles. The van der Waals surface area contributed by atoms with Crippen LogP contribution in [0.2, 0.25) is 10.0 Å². The van der Waals surface area contributed by atoms with Gasteiger partial charge in [-0.25, -0.2) is 0 Å². The van der Waals surface area contributed by atoms with Crippen LogP contribution in [0.5, 0.6) is 5.75 Å². The summed E-state index contributed by atoms with van der Waals surface area (Å²) in [4.78, 5) is 12.6. The average Bonchev–Trinajstić information content (AvgIpc) is 3.26. The van der Waals surface area contributed by atoms with Crippen molar-refractivity contribution in [3.63, 3.8) is 0 Å². The van der Waals surface area contributed by atoms with Gasteiger partial charge in [-0.3, -0.25) is 9.36 Å². The van der Waals surface area contributed by atoms with Gasteiger partial charge in [0.2, 0.25) is 0 Å². The number of halogens is 2. The topological polar surface area (TPSA) is 69.0 Å². The van der Waals surface area contributed by atoms with Crippen LogP contribution in [0.15, 0.2) is 78.0 Å². The zero-order chi connectivity index (χ0) is 24.8. The molecule has 3 aromatic carbocycles. The van der Waals surface area contributed by atoms with Crippen molar-refractivity contribution in [1.82, 2.24) is 20.1 Å². The van der Waals surface area contributed by atoms with E-state index in [1.165, 1.54) is 11.1 Å². The van der Waals surface area contributed by atoms with Crippen LogP contribution in [0, 0.1) is 6.92 Å². The fourth-order valence-corrected chi connectivity index (χ4v) is 4.90. The van der Waals surface area contributed by atoms with Crippen LogP contribution in [0.25, 0.3) is 5.69 Å². The molecule has 1 unspecified atom stereocenters. The molecule has 0 aliphatic heterocycles. The Balaban J connectivity index is 1.56. The number of ether oxygens (including phenoxy) is 1. The summed E-state index contributed by atoms with van der Waals surface area (Å²) in [5, 5.41) is 13.4. The number of benzene rings is 3. The van der Waals surface area contributed by atoms with Crippen LogP contribution in [0.3, 0.4) is 0 Å². The van der Waals surface area contributed by atoms with Gasteiger partial charge < -0.3 is 10.1 Å². The second-order valence-corrected chi connectivity index (χ2v) is 9.73. The average molecular weight is 527 g/mol. The second-order valence-electron chi connectivity index (χ2n) is 7.94. The van der Waals surface area contributed by atoms with Gasteiger partial charge in [-0.1, -0.05) is 83.0 Å². The molecule has 180 valence electrons. The maximum atomic E-state index is 12.6. The molecule has 6 nitrogen and oxygen atoms in total. The van der Waals surface area contributed by atoms with Gasteiger partial charge in [0, 0.05) is 10.8 Å². The highest BCUT2D eigenvalue weighted by Gasteiger charge is 2.23. The Kier molecular flexibility index (Phi) is 8.33. The quantitative estimate of drug-likeness (QED) is 0.254. The highest BCUT2D eigenvalue weighted by molar-refractivity contribution is 7.98. The van der Waals surface area contributed by atoms with E-state index in [0.717, 1.165) is 0 Å². The van der Waals surface area contributed by atoms with Crippen LogP contribution in [-0.4, -0.2) is 27.3 Å². The van der Waals surface area contributed by atoms with E-state index < -0.39 is 6.04 Å². The zero-order valence-electron chi connectivity index (χ0n) is 19.2. The fraction of sp³-hybridized carbons (Fsp3) is 0.192. The van der Waals surface area contributed by atoms with Crippen molar-refractivity contribution in [1.29, 1.82) is 0 Å². The normalized spacial score (nSPS) is 11.8. The fourth-order valence-electron chi connectivity index (χ4n) is 3.51. The molecule has 1 aromatic heterocycles. The molecule has 0 aliphatic carbocycles. The highest BCUT2D eigenvalue weighted by atomic mass is 35.5. The molecule has 0 saturated heterocycles. The lowest BCUT2D eigenvalue weighted by Crippen LogP contribution is -2.32. The number of rotatable bonds is 9. The second kappa shape index (κ2) is 11.6. The Morgan fingerprint density at radius 3 is 2.60 bits per heavy atom. The Bertz CT molecular complexity index is 1310. The van der Waals surface area contributed by atoms with Crippen LogP contribution in [0.1, 0.15) is 29.9 Å².